The molecule has 1 saturated heterocycles. The summed E-state index contributed by atoms with van der Waals surface area (Å²) in [7, 11) is 2.15. The number of carbonyl (C=O) groups is 1. The molecule has 0 unspecified atom stereocenters. The number of nitrogens with zero attached hydrogens (tertiary/aromatic N) is 5. The van der Waals surface area contributed by atoms with Crippen LogP contribution in [0, 0.1) is 6.92 Å². The minimum Gasteiger partial charge on any atom is -0.491 e. The van der Waals surface area contributed by atoms with Gasteiger partial charge in [-0.15, -0.1) is 0 Å². The molecule has 6 rings (SSSR count). The molecular weight excluding hydrogens is 602 g/mol. The molecule has 0 spiro atoms. The summed E-state index contributed by atoms with van der Waals surface area (Å²) in [6, 6.07) is 23.4. The Labute approximate surface area is 274 Å². The molecule has 1 N–H and O–H groups in total. The number of carboxylic acids is 1. The van der Waals surface area contributed by atoms with Crippen molar-refractivity contribution in [2.75, 3.05) is 46.4 Å². The number of likely N-dealkylation sites (N-methyl/N-ethyl adjacent to an activating group) is 1. The lowest BCUT2D eigenvalue weighted by molar-refractivity contribution is -0.145. The maximum atomic E-state index is 12.4. The first-order valence-electron chi connectivity index (χ1n) is 15.5. The fourth-order valence-electron chi connectivity index (χ4n) is 5.85. The molecule has 1 aliphatic heterocycles. The number of aromatic nitrogens is 3. The van der Waals surface area contributed by atoms with Crippen LogP contribution >= 0.6 is 11.6 Å². The van der Waals surface area contributed by atoms with Crippen LogP contribution in [0.25, 0.3) is 22.2 Å². The van der Waals surface area contributed by atoms with Crippen molar-refractivity contribution in [3.05, 3.63) is 107 Å². The van der Waals surface area contributed by atoms with Gasteiger partial charge in [0.1, 0.15) is 24.3 Å². The molecule has 238 valence electrons. The molecule has 0 amide bonds. The van der Waals surface area contributed by atoms with Gasteiger partial charge in [0.25, 0.3) is 0 Å². The molecule has 1 fully saturated rings. The van der Waals surface area contributed by atoms with Gasteiger partial charge in [0.15, 0.2) is 0 Å². The molecule has 3 heterocycles. The van der Waals surface area contributed by atoms with Gasteiger partial charge >= 0.3 is 5.97 Å². The van der Waals surface area contributed by atoms with Crippen molar-refractivity contribution in [1.82, 2.24) is 24.3 Å². The maximum absolute atomic E-state index is 12.4. The number of piperazine rings is 1. The lowest BCUT2D eigenvalue weighted by Gasteiger charge is -2.32. The van der Waals surface area contributed by atoms with E-state index in [0.717, 1.165) is 60.5 Å². The Bertz CT molecular complexity index is 1790. The number of hydrogen-bond acceptors (Lipinski definition) is 7. The Morgan fingerprint density at radius 1 is 0.935 bits per heavy atom. The largest absolute Gasteiger partial charge is 0.491 e. The Balaban J connectivity index is 1.34. The normalized spacial score (nSPS) is 14.8. The Kier molecular flexibility index (Phi) is 9.82. The highest BCUT2D eigenvalue weighted by Crippen LogP contribution is 2.41. The number of rotatable bonds is 12. The molecule has 5 aromatic rings. The van der Waals surface area contributed by atoms with E-state index in [4.69, 9.17) is 21.1 Å². The van der Waals surface area contributed by atoms with Gasteiger partial charge in [-0.2, -0.15) is 0 Å². The Hall–Kier alpha value is -4.44. The molecule has 10 heteroatoms. The van der Waals surface area contributed by atoms with E-state index in [1.54, 1.807) is 0 Å². The van der Waals surface area contributed by atoms with Crippen molar-refractivity contribution in [3.8, 4) is 22.8 Å². The summed E-state index contributed by atoms with van der Waals surface area (Å²) in [4.78, 5) is 26.2. The van der Waals surface area contributed by atoms with E-state index in [1.807, 2.05) is 78.4 Å². The quantitative estimate of drug-likeness (QED) is 0.183. The number of aliphatic carboxylic acids is 1. The van der Waals surface area contributed by atoms with E-state index in [9.17, 15) is 9.90 Å². The fourth-order valence-corrected chi connectivity index (χ4v) is 6.07. The zero-order valence-corrected chi connectivity index (χ0v) is 26.9. The van der Waals surface area contributed by atoms with Crippen LogP contribution in [-0.4, -0.2) is 87.9 Å². The van der Waals surface area contributed by atoms with Gasteiger partial charge in [0.05, 0.1) is 10.4 Å². The van der Waals surface area contributed by atoms with Gasteiger partial charge in [0, 0.05) is 57.4 Å². The van der Waals surface area contributed by atoms with Crippen LogP contribution in [0.3, 0.4) is 0 Å². The van der Waals surface area contributed by atoms with Gasteiger partial charge in [-0.1, -0.05) is 78.3 Å². The van der Waals surface area contributed by atoms with Crippen LogP contribution in [0.15, 0.2) is 85.3 Å². The van der Waals surface area contributed by atoms with E-state index < -0.39 is 12.1 Å². The minimum absolute atomic E-state index is 0.187. The molecule has 1 aliphatic rings. The first kappa shape index (κ1) is 31.5. The molecule has 0 aliphatic carbocycles. The monoisotopic (exact) mass is 639 g/mol. The summed E-state index contributed by atoms with van der Waals surface area (Å²) in [6.07, 6.45) is 2.47. The lowest BCUT2D eigenvalue weighted by Crippen LogP contribution is -2.45. The van der Waals surface area contributed by atoms with E-state index >= 15 is 0 Å². The molecule has 0 saturated carbocycles. The second kappa shape index (κ2) is 14.3. The van der Waals surface area contributed by atoms with E-state index in [0.29, 0.717) is 35.0 Å². The van der Waals surface area contributed by atoms with Gasteiger partial charge < -0.3 is 24.0 Å². The minimum atomic E-state index is -1.15. The highest BCUT2D eigenvalue weighted by molar-refractivity contribution is 6.33. The summed E-state index contributed by atoms with van der Waals surface area (Å²) >= 11 is 6.94. The third kappa shape index (κ3) is 7.17. The topological polar surface area (TPSA) is 92.9 Å². The summed E-state index contributed by atoms with van der Waals surface area (Å²) in [5.74, 6) is -0.233. The Morgan fingerprint density at radius 2 is 1.63 bits per heavy atom. The van der Waals surface area contributed by atoms with Crippen LogP contribution in [0.1, 0.15) is 16.7 Å². The third-order valence-corrected chi connectivity index (χ3v) is 8.98. The average molecular weight is 640 g/mol. The molecule has 0 bridgehead atoms. The molecule has 2 aromatic heterocycles. The van der Waals surface area contributed by atoms with Crippen LogP contribution < -0.4 is 9.47 Å². The SMILES string of the molecule is Cc1c(-c2cn(Cc3ccccc3)c3ncnc(O[C@H](Cc4ccccc4)C(=O)O)c23)ccc(OCCN2CCN(C)CC2)c1Cl. The van der Waals surface area contributed by atoms with E-state index in [-0.39, 0.29) is 12.3 Å². The van der Waals surface area contributed by atoms with Crippen molar-refractivity contribution >= 4 is 28.6 Å². The number of carboxylic acid groups (broad SMARTS) is 1. The number of halogens is 1. The molecule has 0 radical (unpaired) electrons. The first-order chi connectivity index (χ1) is 22.4. The standard InChI is InChI=1S/C36H38ClN5O4/c1-25-28(13-14-30(33(25)37)45-20-19-41-17-15-40(2)16-18-41)29-23-42(22-27-11-7-4-8-12-27)34-32(29)35(39-24-38-34)46-31(36(43)44)21-26-9-5-3-6-10-26/h3-14,23-24,31H,15-22H2,1-2H3,(H,43,44)/t31-/m1/s1. The van der Waals surface area contributed by atoms with Gasteiger partial charge in [-0.3, -0.25) is 4.90 Å². The van der Waals surface area contributed by atoms with Gasteiger partial charge in [-0.05, 0) is 42.3 Å². The molecule has 9 nitrogen and oxygen atoms in total. The van der Waals surface area contributed by atoms with Crippen molar-refractivity contribution in [2.45, 2.75) is 26.0 Å². The second-order valence-corrected chi connectivity index (χ2v) is 12.1. The summed E-state index contributed by atoms with van der Waals surface area (Å²) in [5.41, 5.74) is 5.09. The van der Waals surface area contributed by atoms with Crippen LogP contribution in [0.4, 0.5) is 0 Å². The average Bonchev–Trinajstić information content (AvgIpc) is 3.43. The second-order valence-electron chi connectivity index (χ2n) is 11.7. The first-order valence-corrected chi connectivity index (χ1v) is 15.9. The van der Waals surface area contributed by atoms with E-state index in [2.05, 4.69) is 38.9 Å². The molecular formula is C36H38ClN5O4. The summed E-state index contributed by atoms with van der Waals surface area (Å²) < 4.78 is 14.4. The van der Waals surface area contributed by atoms with Crippen LogP contribution in [-0.2, 0) is 17.8 Å². The predicted molar refractivity (Wildman–Crippen MR) is 180 cm³/mol. The highest BCUT2D eigenvalue weighted by atomic mass is 35.5. The molecule has 46 heavy (non-hydrogen) atoms. The number of fused-ring (bicyclic) bond motifs is 1. The van der Waals surface area contributed by atoms with Gasteiger partial charge in [0.2, 0.25) is 12.0 Å². The van der Waals surface area contributed by atoms with E-state index in [1.165, 1.54) is 6.33 Å². The van der Waals surface area contributed by atoms with Crippen LogP contribution in [0.2, 0.25) is 5.02 Å². The smallest absolute Gasteiger partial charge is 0.345 e. The van der Waals surface area contributed by atoms with Crippen molar-refractivity contribution in [3.63, 3.8) is 0 Å². The number of hydrogen-bond donors (Lipinski definition) is 1. The lowest BCUT2D eigenvalue weighted by atomic mass is 10.0. The molecule has 1 atom stereocenters. The van der Waals surface area contributed by atoms with Crippen molar-refractivity contribution in [2.24, 2.45) is 0 Å². The predicted octanol–water partition coefficient (Wildman–Crippen LogP) is 5.81. The van der Waals surface area contributed by atoms with Crippen molar-refractivity contribution < 1.29 is 19.4 Å². The summed E-state index contributed by atoms with van der Waals surface area (Å²) in [5, 5.41) is 11.3. The zero-order valence-electron chi connectivity index (χ0n) is 26.1. The fraction of sp³-hybridized carbons (Fsp3) is 0.306. The highest BCUT2D eigenvalue weighted by Gasteiger charge is 2.26. The van der Waals surface area contributed by atoms with Crippen molar-refractivity contribution in [1.29, 1.82) is 0 Å². The zero-order chi connectivity index (χ0) is 32.0. The van der Waals surface area contributed by atoms with Crippen LogP contribution in [0.5, 0.6) is 11.6 Å². The summed E-state index contributed by atoms with van der Waals surface area (Å²) in [6.45, 7) is 8.07. The number of ether oxygens (including phenoxy) is 2. The molecule has 3 aromatic carbocycles. The third-order valence-electron chi connectivity index (χ3n) is 8.51. The Morgan fingerprint density at radius 3 is 2.33 bits per heavy atom. The number of benzene rings is 3. The van der Waals surface area contributed by atoms with Gasteiger partial charge in [-0.25, -0.2) is 14.8 Å². The maximum Gasteiger partial charge on any atom is 0.345 e.